The second-order valence-electron chi connectivity index (χ2n) is 7.04. The van der Waals surface area contributed by atoms with Crippen LogP contribution in [0.2, 0.25) is 0 Å². The van der Waals surface area contributed by atoms with Gasteiger partial charge in [0.25, 0.3) is 0 Å². The summed E-state index contributed by atoms with van der Waals surface area (Å²) < 4.78 is 14.0. The lowest BCUT2D eigenvalue weighted by Crippen LogP contribution is -2.51. The second kappa shape index (κ2) is 7.87. The van der Waals surface area contributed by atoms with Crippen molar-refractivity contribution in [3.05, 3.63) is 65.5 Å². The van der Waals surface area contributed by atoms with Gasteiger partial charge in [0, 0.05) is 26.2 Å². The van der Waals surface area contributed by atoms with Crippen molar-refractivity contribution in [2.75, 3.05) is 45.2 Å². The summed E-state index contributed by atoms with van der Waals surface area (Å²) in [5.74, 6) is -0.105. The summed E-state index contributed by atoms with van der Waals surface area (Å²) in [6, 6.07) is 14.6. The van der Waals surface area contributed by atoms with E-state index in [2.05, 4.69) is 6.07 Å². The van der Waals surface area contributed by atoms with E-state index in [-0.39, 0.29) is 17.8 Å². The van der Waals surface area contributed by atoms with Crippen molar-refractivity contribution >= 4 is 11.6 Å². The van der Waals surface area contributed by atoms with E-state index in [9.17, 15) is 9.18 Å². The van der Waals surface area contributed by atoms with Gasteiger partial charge in [-0.1, -0.05) is 42.0 Å². The van der Waals surface area contributed by atoms with Crippen LogP contribution in [0.4, 0.5) is 10.1 Å². The zero-order valence-electron chi connectivity index (χ0n) is 15.7. The highest BCUT2D eigenvalue weighted by molar-refractivity contribution is 5.83. The molecule has 0 N–H and O–H groups in total. The summed E-state index contributed by atoms with van der Waals surface area (Å²) >= 11 is 0. The first-order valence-corrected chi connectivity index (χ1v) is 8.98. The Morgan fingerprint density at radius 1 is 1.04 bits per heavy atom. The van der Waals surface area contributed by atoms with Crippen molar-refractivity contribution in [1.29, 1.82) is 0 Å². The fourth-order valence-corrected chi connectivity index (χ4v) is 3.55. The number of hydrogen-bond acceptors (Lipinski definition) is 3. The van der Waals surface area contributed by atoms with Gasteiger partial charge in [-0.05, 0) is 38.7 Å². The van der Waals surface area contributed by atoms with Gasteiger partial charge in [-0.15, -0.1) is 0 Å². The number of para-hydroxylation sites is 1. The van der Waals surface area contributed by atoms with Crippen LogP contribution in [0, 0.1) is 12.7 Å². The minimum atomic E-state index is -0.296. The Morgan fingerprint density at radius 3 is 2.35 bits per heavy atom. The number of piperazine rings is 1. The third kappa shape index (κ3) is 3.88. The molecule has 1 atom stereocenters. The molecule has 138 valence electrons. The van der Waals surface area contributed by atoms with Crippen LogP contribution in [0.5, 0.6) is 0 Å². The highest BCUT2D eigenvalue weighted by Gasteiger charge is 2.30. The predicted molar refractivity (Wildman–Crippen MR) is 103 cm³/mol. The number of hydrogen-bond donors (Lipinski definition) is 0. The van der Waals surface area contributed by atoms with Crippen LogP contribution in [0.15, 0.2) is 48.5 Å². The van der Waals surface area contributed by atoms with E-state index in [4.69, 9.17) is 0 Å². The first kappa shape index (κ1) is 18.4. The van der Waals surface area contributed by atoms with Crippen LogP contribution < -0.4 is 4.90 Å². The lowest BCUT2D eigenvalue weighted by molar-refractivity contribution is -0.136. The number of halogens is 1. The normalized spacial score (nSPS) is 16.0. The molecule has 1 unspecified atom stereocenters. The van der Waals surface area contributed by atoms with Gasteiger partial charge in [0.05, 0.1) is 5.69 Å². The van der Waals surface area contributed by atoms with Crippen molar-refractivity contribution < 1.29 is 9.18 Å². The third-order valence-electron chi connectivity index (χ3n) is 4.89. The molecule has 1 aliphatic rings. The van der Waals surface area contributed by atoms with E-state index in [0.717, 1.165) is 11.1 Å². The van der Waals surface area contributed by atoms with Crippen LogP contribution in [-0.2, 0) is 4.79 Å². The van der Waals surface area contributed by atoms with Crippen molar-refractivity contribution in [3.8, 4) is 0 Å². The molecule has 3 rings (SSSR count). The molecule has 1 saturated heterocycles. The number of carbonyl (C=O) groups is 1. The van der Waals surface area contributed by atoms with E-state index >= 15 is 0 Å². The fourth-order valence-electron chi connectivity index (χ4n) is 3.55. The van der Waals surface area contributed by atoms with Crippen LogP contribution in [-0.4, -0.2) is 56.0 Å². The minimum absolute atomic E-state index is 0.105. The summed E-state index contributed by atoms with van der Waals surface area (Å²) in [7, 11) is 3.86. The standard InChI is InChI=1S/C21H26FN3O/c1-16-7-6-8-17(15-16)20(23(2)3)21(26)25-13-11-24(12-14-25)19-10-5-4-9-18(19)22/h4-10,15,20H,11-14H2,1-3H3. The summed E-state index contributed by atoms with van der Waals surface area (Å²) in [5.41, 5.74) is 2.77. The monoisotopic (exact) mass is 355 g/mol. The Balaban J connectivity index is 1.71. The fraction of sp³-hybridized carbons (Fsp3) is 0.381. The molecule has 26 heavy (non-hydrogen) atoms. The van der Waals surface area contributed by atoms with E-state index in [0.29, 0.717) is 31.9 Å². The van der Waals surface area contributed by atoms with Crippen molar-refractivity contribution in [2.24, 2.45) is 0 Å². The predicted octanol–water partition coefficient (Wildman–Crippen LogP) is 3.09. The first-order chi connectivity index (χ1) is 12.5. The molecule has 0 spiro atoms. The lowest BCUT2D eigenvalue weighted by atomic mass is 10.0. The largest absolute Gasteiger partial charge is 0.366 e. The maximum absolute atomic E-state index is 14.0. The van der Waals surface area contributed by atoms with Gasteiger partial charge < -0.3 is 9.80 Å². The maximum Gasteiger partial charge on any atom is 0.244 e. The highest BCUT2D eigenvalue weighted by Crippen LogP contribution is 2.24. The molecule has 0 bridgehead atoms. The molecule has 0 aromatic heterocycles. The number of amides is 1. The van der Waals surface area contributed by atoms with Gasteiger partial charge in [-0.3, -0.25) is 9.69 Å². The Hall–Kier alpha value is -2.40. The SMILES string of the molecule is Cc1cccc(C(C(=O)N2CCN(c3ccccc3F)CC2)N(C)C)c1. The van der Waals surface area contributed by atoms with Gasteiger partial charge in [0.2, 0.25) is 5.91 Å². The van der Waals surface area contributed by atoms with Crippen LogP contribution in [0.25, 0.3) is 0 Å². The molecule has 0 saturated carbocycles. The number of benzene rings is 2. The number of carbonyl (C=O) groups excluding carboxylic acids is 1. The van der Waals surface area contributed by atoms with Crippen LogP contribution in [0.3, 0.4) is 0 Å². The average Bonchev–Trinajstić information content (AvgIpc) is 2.62. The first-order valence-electron chi connectivity index (χ1n) is 8.98. The molecule has 0 radical (unpaired) electrons. The smallest absolute Gasteiger partial charge is 0.244 e. The number of likely N-dealkylation sites (N-methyl/N-ethyl adjacent to an activating group) is 1. The molecule has 2 aromatic carbocycles. The highest BCUT2D eigenvalue weighted by atomic mass is 19.1. The molecule has 5 heteroatoms. The van der Waals surface area contributed by atoms with Gasteiger partial charge in [0.1, 0.15) is 11.9 Å². The lowest BCUT2D eigenvalue weighted by Gasteiger charge is -2.38. The number of rotatable bonds is 4. The van der Waals surface area contributed by atoms with Crippen LogP contribution >= 0.6 is 0 Å². The molecule has 0 aliphatic carbocycles. The van der Waals surface area contributed by atoms with E-state index in [1.54, 1.807) is 12.1 Å². The minimum Gasteiger partial charge on any atom is -0.366 e. The summed E-state index contributed by atoms with van der Waals surface area (Å²) in [6.45, 7) is 4.52. The number of nitrogens with zero attached hydrogens (tertiary/aromatic N) is 3. The molecule has 1 aliphatic heterocycles. The van der Waals surface area contributed by atoms with Gasteiger partial charge in [-0.2, -0.15) is 0 Å². The maximum atomic E-state index is 14.0. The molecule has 1 fully saturated rings. The van der Waals surface area contributed by atoms with Crippen molar-refractivity contribution in [1.82, 2.24) is 9.80 Å². The van der Waals surface area contributed by atoms with Gasteiger partial charge in [-0.25, -0.2) is 4.39 Å². The Labute approximate surface area is 154 Å². The Morgan fingerprint density at radius 2 is 1.73 bits per heavy atom. The van der Waals surface area contributed by atoms with E-state index in [1.807, 2.05) is 60.0 Å². The molecule has 1 heterocycles. The second-order valence-corrected chi connectivity index (χ2v) is 7.04. The quantitative estimate of drug-likeness (QED) is 0.843. The average molecular weight is 355 g/mol. The molecular weight excluding hydrogens is 329 g/mol. The third-order valence-corrected chi connectivity index (χ3v) is 4.89. The van der Waals surface area contributed by atoms with Crippen molar-refractivity contribution in [2.45, 2.75) is 13.0 Å². The van der Waals surface area contributed by atoms with E-state index in [1.165, 1.54) is 6.07 Å². The van der Waals surface area contributed by atoms with Crippen molar-refractivity contribution in [3.63, 3.8) is 0 Å². The topological polar surface area (TPSA) is 26.8 Å². The molecule has 1 amide bonds. The molecule has 4 nitrogen and oxygen atoms in total. The molecule has 2 aromatic rings. The van der Waals surface area contributed by atoms with Gasteiger partial charge >= 0.3 is 0 Å². The molecular formula is C21H26FN3O. The zero-order valence-corrected chi connectivity index (χ0v) is 15.7. The van der Waals surface area contributed by atoms with E-state index < -0.39 is 0 Å². The summed E-state index contributed by atoms with van der Waals surface area (Å²) in [5, 5.41) is 0. The zero-order chi connectivity index (χ0) is 18.7. The Kier molecular flexibility index (Phi) is 5.57. The Bertz CT molecular complexity index is 769. The van der Waals surface area contributed by atoms with Gasteiger partial charge in [0.15, 0.2) is 0 Å². The van der Waals surface area contributed by atoms with Crippen LogP contribution in [0.1, 0.15) is 17.2 Å². The summed E-state index contributed by atoms with van der Waals surface area (Å²) in [6.07, 6.45) is 0. The summed E-state index contributed by atoms with van der Waals surface area (Å²) in [4.78, 5) is 19.0. The number of anilines is 1. The number of aryl methyl sites for hydroxylation is 1.